The predicted molar refractivity (Wildman–Crippen MR) is 69.6 cm³/mol. The fourth-order valence-corrected chi connectivity index (χ4v) is 2.61. The number of carbonyl (C=O) groups is 1. The number of benzene rings is 1. The standard InChI is InChI=1S/C12H15F2NO5S/c1-12(2,20-3)6-15-21(18,19)9-5-7(11(16)17)4-8(13)10(9)14/h4-5,15H,6H2,1-3H3,(H,16,17). The van der Waals surface area contributed by atoms with E-state index in [2.05, 4.69) is 0 Å². The maximum Gasteiger partial charge on any atom is 0.335 e. The molecule has 0 radical (unpaired) electrons. The minimum Gasteiger partial charge on any atom is -0.478 e. The number of hydrogen-bond acceptors (Lipinski definition) is 4. The van der Waals surface area contributed by atoms with E-state index in [1.807, 2.05) is 4.72 Å². The van der Waals surface area contributed by atoms with Crippen LogP contribution in [0.1, 0.15) is 24.2 Å². The second-order valence-corrected chi connectivity index (χ2v) is 6.60. The lowest BCUT2D eigenvalue weighted by molar-refractivity contribution is 0.0276. The minimum atomic E-state index is -4.42. The van der Waals surface area contributed by atoms with Crippen LogP contribution in [0.15, 0.2) is 17.0 Å². The van der Waals surface area contributed by atoms with Crippen molar-refractivity contribution in [1.82, 2.24) is 4.72 Å². The van der Waals surface area contributed by atoms with Crippen LogP contribution in [-0.4, -0.2) is 38.7 Å². The molecule has 118 valence electrons. The molecule has 1 rings (SSSR count). The number of hydrogen-bond donors (Lipinski definition) is 2. The van der Waals surface area contributed by atoms with E-state index in [1.165, 1.54) is 7.11 Å². The largest absolute Gasteiger partial charge is 0.478 e. The number of carboxylic acid groups (broad SMARTS) is 1. The quantitative estimate of drug-likeness (QED) is 0.825. The smallest absolute Gasteiger partial charge is 0.335 e. The predicted octanol–water partition coefficient (Wildman–Crippen LogP) is 1.37. The van der Waals surface area contributed by atoms with Crippen molar-refractivity contribution in [3.8, 4) is 0 Å². The van der Waals surface area contributed by atoms with Gasteiger partial charge in [-0.2, -0.15) is 0 Å². The van der Waals surface area contributed by atoms with Crippen LogP contribution in [0.25, 0.3) is 0 Å². The monoisotopic (exact) mass is 323 g/mol. The van der Waals surface area contributed by atoms with Crippen LogP contribution in [0.5, 0.6) is 0 Å². The van der Waals surface area contributed by atoms with Gasteiger partial charge in [-0.1, -0.05) is 0 Å². The first-order valence-electron chi connectivity index (χ1n) is 5.77. The summed E-state index contributed by atoms with van der Waals surface area (Å²) in [7, 11) is -3.06. The van der Waals surface area contributed by atoms with E-state index >= 15 is 0 Å². The van der Waals surface area contributed by atoms with Gasteiger partial charge in [-0.3, -0.25) is 0 Å². The molecule has 0 amide bonds. The van der Waals surface area contributed by atoms with Crippen LogP contribution in [-0.2, 0) is 14.8 Å². The molecule has 21 heavy (non-hydrogen) atoms. The number of nitrogens with one attached hydrogen (secondary N) is 1. The summed E-state index contributed by atoms with van der Waals surface area (Å²) in [4.78, 5) is 9.72. The van der Waals surface area contributed by atoms with Crippen LogP contribution in [0.4, 0.5) is 8.78 Å². The molecule has 1 aromatic rings. The summed E-state index contributed by atoms with van der Waals surface area (Å²) in [6, 6.07) is 0.971. The molecule has 0 spiro atoms. The molecule has 0 aliphatic rings. The maximum atomic E-state index is 13.6. The van der Waals surface area contributed by atoms with Crippen LogP contribution in [0.3, 0.4) is 0 Å². The van der Waals surface area contributed by atoms with E-state index in [0.29, 0.717) is 12.1 Å². The molecule has 1 aromatic carbocycles. The number of sulfonamides is 1. The molecule has 6 nitrogen and oxygen atoms in total. The Hall–Kier alpha value is -1.58. The molecule has 0 saturated carbocycles. The first-order chi connectivity index (χ1) is 9.50. The van der Waals surface area contributed by atoms with Crippen molar-refractivity contribution in [3.05, 3.63) is 29.3 Å². The Labute approximate surface area is 120 Å². The number of halogens is 2. The van der Waals surface area contributed by atoms with Crippen molar-refractivity contribution < 1.29 is 31.8 Å². The number of methoxy groups -OCH3 is 1. The molecule has 2 N–H and O–H groups in total. The molecule has 0 fully saturated rings. The molecule has 0 aliphatic carbocycles. The number of aromatic carboxylic acids is 1. The van der Waals surface area contributed by atoms with Crippen molar-refractivity contribution >= 4 is 16.0 Å². The molecule has 0 atom stereocenters. The molecule has 0 unspecified atom stereocenters. The highest BCUT2D eigenvalue weighted by atomic mass is 32.2. The molecule has 0 saturated heterocycles. The molecule has 0 aromatic heterocycles. The summed E-state index contributed by atoms with van der Waals surface area (Å²) >= 11 is 0. The molecular formula is C12H15F2NO5S. The normalized spacial score (nSPS) is 12.4. The van der Waals surface area contributed by atoms with Crippen LogP contribution in [0.2, 0.25) is 0 Å². The van der Waals surface area contributed by atoms with Gasteiger partial charge in [-0.25, -0.2) is 26.7 Å². The molecule has 0 bridgehead atoms. The number of rotatable bonds is 6. The molecule has 9 heteroatoms. The lowest BCUT2D eigenvalue weighted by Crippen LogP contribution is -2.40. The summed E-state index contributed by atoms with van der Waals surface area (Å²) in [5.74, 6) is -4.76. The van der Waals surface area contributed by atoms with Crippen molar-refractivity contribution in [3.63, 3.8) is 0 Å². The summed E-state index contributed by atoms with van der Waals surface area (Å²) in [5, 5.41) is 8.76. The Morgan fingerprint density at radius 3 is 2.43 bits per heavy atom. The van der Waals surface area contributed by atoms with Crippen LogP contribution in [0, 0.1) is 11.6 Å². The maximum absolute atomic E-state index is 13.6. The van der Waals surface area contributed by atoms with Gasteiger partial charge in [0.05, 0.1) is 11.2 Å². The average Bonchev–Trinajstić information content (AvgIpc) is 2.39. The summed E-state index contributed by atoms with van der Waals surface area (Å²) < 4.78 is 57.9. The zero-order valence-electron chi connectivity index (χ0n) is 11.6. The highest BCUT2D eigenvalue weighted by Crippen LogP contribution is 2.20. The number of carboxylic acids is 1. The second kappa shape index (κ2) is 6.04. The van der Waals surface area contributed by atoms with Gasteiger partial charge in [0.15, 0.2) is 11.6 Å². The highest BCUT2D eigenvalue weighted by Gasteiger charge is 2.27. The van der Waals surface area contributed by atoms with Gasteiger partial charge in [0, 0.05) is 13.7 Å². The Balaban J connectivity index is 3.22. The van der Waals surface area contributed by atoms with E-state index in [4.69, 9.17) is 9.84 Å². The van der Waals surface area contributed by atoms with Crippen molar-refractivity contribution in [2.75, 3.05) is 13.7 Å². The molecule has 0 heterocycles. The first-order valence-corrected chi connectivity index (χ1v) is 7.25. The lowest BCUT2D eigenvalue weighted by atomic mass is 10.1. The highest BCUT2D eigenvalue weighted by molar-refractivity contribution is 7.89. The third kappa shape index (κ3) is 4.19. The Morgan fingerprint density at radius 2 is 1.95 bits per heavy atom. The van der Waals surface area contributed by atoms with Gasteiger partial charge < -0.3 is 9.84 Å². The zero-order valence-corrected chi connectivity index (χ0v) is 12.4. The van der Waals surface area contributed by atoms with Crippen LogP contribution >= 0.6 is 0 Å². The van der Waals surface area contributed by atoms with E-state index in [1.54, 1.807) is 13.8 Å². The van der Waals surface area contributed by atoms with Crippen molar-refractivity contribution in [1.29, 1.82) is 0 Å². The fourth-order valence-electron chi connectivity index (χ4n) is 1.30. The van der Waals surface area contributed by atoms with Gasteiger partial charge in [-0.15, -0.1) is 0 Å². The van der Waals surface area contributed by atoms with Gasteiger partial charge in [0.25, 0.3) is 0 Å². The van der Waals surface area contributed by atoms with Crippen molar-refractivity contribution in [2.24, 2.45) is 0 Å². The summed E-state index contributed by atoms with van der Waals surface area (Å²) in [6.07, 6.45) is 0. The Bertz CT molecular complexity index is 658. The first kappa shape index (κ1) is 17.5. The summed E-state index contributed by atoms with van der Waals surface area (Å²) in [6.45, 7) is 2.96. The third-order valence-corrected chi connectivity index (χ3v) is 4.17. The topological polar surface area (TPSA) is 92.7 Å². The van der Waals surface area contributed by atoms with E-state index in [9.17, 15) is 22.0 Å². The van der Waals surface area contributed by atoms with Crippen molar-refractivity contribution in [2.45, 2.75) is 24.3 Å². The number of ether oxygens (including phenoxy) is 1. The van der Waals surface area contributed by atoms with E-state index in [-0.39, 0.29) is 6.54 Å². The van der Waals surface area contributed by atoms with Gasteiger partial charge >= 0.3 is 5.97 Å². The minimum absolute atomic E-state index is 0.204. The third-order valence-electron chi connectivity index (χ3n) is 2.77. The van der Waals surface area contributed by atoms with Gasteiger partial charge in [0.1, 0.15) is 4.90 Å². The lowest BCUT2D eigenvalue weighted by Gasteiger charge is -2.23. The van der Waals surface area contributed by atoms with E-state index in [0.717, 1.165) is 0 Å². The molecular weight excluding hydrogens is 308 g/mol. The molecule has 0 aliphatic heterocycles. The zero-order chi connectivity index (χ0) is 16.4. The van der Waals surface area contributed by atoms with E-state index < -0.39 is 43.7 Å². The van der Waals surface area contributed by atoms with Gasteiger partial charge in [-0.05, 0) is 26.0 Å². The van der Waals surface area contributed by atoms with Crippen LogP contribution < -0.4 is 4.72 Å². The average molecular weight is 323 g/mol. The van der Waals surface area contributed by atoms with Gasteiger partial charge in [0.2, 0.25) is 10.0 Å². The summed E-state index contributed by atoms with van der Waals surface area (Å²) in [5.41, 5.74) is -1.53. The Morgan fingerprint density at radius 1 is 1.38 bits per heavy atom. The SMILES string of the molecule is COC(C)(C)CNS(=O)(=O)c1cc(C(=O)O)cc(F)c1F. The second-order valence-electron chi connectivity index (χ2n) is 4.86. The fraction of sp³-hybridized carbons (Fsp3) is 0.417. The Kier molecular flexibility index (Phi) is 5.03.